The van der Waals surface area contributed by atoms with Crippen LogP contribution in [0, 0.1) is 0 Å². The van der Waals surface area contributed by atoms with Crippen molar-refractivity contribution in [2.24, 2.45) is 5.10 Å². The number of hydrogen-bond donors (Lipinski definition) is 1. The van der Waals surface area contributed by atoms with Crippen molar-refractivity contribution in [3.63, 3.8) is 0 Å². The predicted molar refractivity (Wildman–Crippen MR) is 136 cm³/mol. The van der Waals surface area contributed by atoms with Crippen LogP contribution in [-0.4, -0.2) is 25.2 Å². The Bertz CT molecular complexity index is 1420. The van der Waals surface area contributed by atoms with E-state index in [-0.39, 0.29) is 10.6 Å². The van der Waals surface area contributed by atoms with Crippen molar-refractivity contribution in [1.82, 2.24) is 5.43 Å². The Morgan fingerprint density at radius 2 is 1.71 bits per heavy atom. The molecule has 4 rings (SSSR count). The standard InChI is InChI=1S/C24H15Cl3N2O4S/c1-32-16-7-9-18-20(11-16)34-22(21(18)27)24(31)33-15-5-2-13(3-6-15)12-28-29-23(30)17-8-4-14(25)10-19(17)26/h2-12H,1H3,(H,29,30). The number of ether oxygens (including phenoxy) is 2. The third-order valence-electron chi connectivity index (χ3n) is 4.67. The fourth-order valence-corrected chi connectivity index (χ4v) is 4.89. The summed E-state index contributed by atoms with van der Waals surface area (Å²) >= 11 is 19.5. The molecule has 1 aromatic heterocycles. The van der Waals surface area contributed by atoms with Crippen LogP contribution in [-0.2, 0) is 0 Å². The van der Waals surface area contributed by atoms with E-state index in [4.69, 9.17) is 44.3 Å². The van der Waals surface area contributed by atoms with Gasteiger partial charge >= 0.3 is 5.97 Å². The second-order valence-electron chi connectivity index (χ2n) is 6.89. The largest absolute Gasteiger partial charge is 0.497 e. The normalized spacial score (nSPS) is 11.1. The number of amides is 1. The molecule has 0 fully saturated rings. The lowest BCUT2D eigenvalue weighted by atomic mass is 10.2. The topological polar surface area (TPSA) is 77.0 Å². The number of hydrogen-bond acceptors (Lipinski definition) is 6. The zero-order chi connectivity index (χ0) is 24.2. The minimum absolute atomic E-state index is 0.226. The average Bonchev–Trinajstić information content (AvgIpc) is 3.16. The van der Waals surface area contributed by atoms with Gasteiger partial charge in [-0.15, -0.1) is 11.3 Å². The number of nitrogens with zero attached hydrogens (tertiary/aromatic N) is 1. The smallest absolute Gasteiger partial charge is 0.355 e. The second kappa shape index (κ2) is 10.4. The number of hydrazone groups is 1. The van der Waals surface area contributed by atoms with Crippen LogP contribution in [0.3, 0.4) is 0 Å². The van der Waals surface area contributed by atoms with E-state index < -0.39 is 11.9 Å². The number of methoxy groups -OCH3 is 1. The first kappa shape index (κ1) is 24.0. The molecule has 10 heteroatoms. The highest BCUT2D eigenvalue weighted by Crippen LogP contribution is 2.37. The van der Waals surface area contributed by atoms with E-state index in [2.05, 4.69) is 10.5 Å². The Hall–Kier alpha value is -3.10. The molecular weight excluding hydrogens is 519 g/mol. The molecule has 0 atom stereocenters. The van der Waals surface area contributed by atoms with E-state index in [9.17, 15) is 9.59 Å². The quantitative estimate of drug-likeness (QED) is 0.127. The average molecular weight is 534 g/mol. The number of carbonyl (C=O) groups excluding carboxylic acids is 2. The van der Waals surface area contributed by atoms with Crippen LogP contribution in [0.2, 0.25) is 15.1 Å². The molecule has 0 saturated carbocycles. The van der Waals surface area contributed by atoms with E-state index >= 15 is 0 Å². The Labute approximate surface area is 213 Å². The van der Waals surface area contributed by atoms with E-state index in [0.717, 1.165) is 10.1 Å². The zero-order valence-corrected chi connectivity index (χ0v) is 20.6. The van der Waals surface area contributed by atoms with E-state index in [1.165, 1.54) is 29.7 Å². The van der Waals surface area contributed by atoms with Crippen LogP contribution in [0.4, 0.5) is 0 Å². The summed E-state index contributed by atoms with van der Waals surface area (Å²) in [6.45, 7) is 0. The van der Waals surface area contributed by atoms with Crippen molar-refractivity contribution in [1.29, 1.82) is 0 Å². The lowest BCUT2D eigenvalue weighted by Crippen LogP contribution is -2.18. The van der Waals surface area contributed by atoms with Gasteiger partial charge in [0.2, 0.25) is 0 Å². The lowest BCUT2D eigenvalue weighted by Gasteiger charge is -2.04. The molecule has 34 heavy (non-hydrogen) atoms. The Morgan fingerprint density at radius 3 is 2.41 bits per heavy atom. The Balaban J connectivity index is 1.40. The predicted octanol–water partition coefficient (Wildman–Crippen LogP) is 6.85. The van der Waals surface area contributed by atoms with Crippen molar-refractivity contribution in [3.8, 4) is 11.5 Å². The van der Waals surface area contributed by atoms with E-state index in [1.54, 1.807) is 49.6 Å². The first-order chi connectivity index (χ1) is 16.4. The number of benzene rings is 3. The van der Waals surface area contributed by atoms with Crippen LogP contribution in [0.15, 0.2) is 65.8 Å². The molecule has 172 valence electrons. The molecule has 0 radical (unpaired) electrons. The minimum atomic E-state index is -0.557. The number of rotatable bonds is 6. The molecule has 1 heterocycles. The number of nitrogens with one attached hydrogen (secondary N) is 1. The van der Waals surface area contributed by atoms with Crippen molar-refractivity contribution in [2.75, 3.05) is 7.11 Å². The maximum Gasteiger partial charge on any atom is 0.355 e. The van der Waals surface area contributed by atoms with Gasteiger partial charge in [0.1, 0.15) is 16.4 Å². The summed E-state index contributed by atoms with van der Waals surface area (Å²) in [7, 11) is 1.57. The van der Waals surface area contributed by atoms with Crippen molar-refractivity contribution in [2.45, 2.75) is 0 Å². The Kier molecular flexibility index (Phi) is 7.38. The Morgan fingerprint density at radius 1 is 0.971 bits per heavy atom. The first-order valence-electron chi connectivity index (χ1n) is 9.72. The van der Waals surface area contributed by atoms with Gasteiger partial charge in [0.25, 0.3) is 5.91 Å². The number of halogens is 3. The molecule has 0 bridgehead atoms. The van der Waals surface area contributed by atoms with Crippen molar-refractivity contribution in [3.05, 3.63) is 91.7 Å². The van der Waals surface area contributed by atoms with E-state index in [0.29, 0.717) is 32.0 Å². The molecule has 0 spiro atoms. The molecule has 0 unspecified atom stereocenters. The molecule has 6 nitrogen and oxygen atoms in total. The fraction of sp³-hybridized carbons (Fsp3) is 0.0417. The van der Waals surface area contributed by atoms with Gasteiger partial charge in [0.05, 0.1) is 28.9 Å². The van der Waals surface area contributed by atoms with Gasteiger partial charge in [-0.05, 0) is 66.2 Å². The monoisotopic (exact) mass is 532 g/mol. The van der Waals surface area contributed by atoms with Gasteiger partial charge in [0, 0.05) is 15.1 Å². The number of thiophene rings is 1. The van der Waals surface area contributed by atoms with Crippen LogP contribution < -0.4 is 14.9 Å². The molecule has 0 aliphatic heterocycles. The zero-order valence-electron chi connectivity index (χ0n) is 17.5. The first-order valence-corrected chi connectivity index (χ1v) is 11.7. The number of esters is 1. The van der Waals surface area contributed by atoms with E-state index in [1.807, 2.05) is 6.07 Å². The molecular formula is C24H15Cl3N2O4S. The minimum Gasteiger partial charge on any atom is -0.497 e. The van der Waals surface area contributed by atoms with Crippen molar-refractivity contribution >= 4 is 74.3 Å². The maximum absolute atomic E-state index is 12.7. The third-order valence-corrected chi connectivity index (χ3v) is 6.85. The number of fused-ring (bicyclic) bond motifs is 1. The highest BCUT2D eigenvalue weighted by atomic mass is 35.5. The maximum atomic E-state index is 12.7. The molecule has 0 saturated heterocycles. The summed E-state index contributed by atoms with van der Waals surface area (Å²) in [5.41, 5.74) is 3.33. The van der Waals surface area contributed by atoms with Crippen LogP contribution in [0.1, 0.15) is 25.6 Å². The van der Waals surface area contributed by atoms with Crippen LogP contribution in [0.25, 0.3) is 10.1 Å². The summed E-state index contributed by atoms with van der Waals surface area (Å²) < 4.78 is 11.5. The van der Waals surface area contributed by atoms with Gasteiger partial charge in [0.15, 0.2) is 0 Å². The summed E-state index contributed by atoms with van der Waals surface area (Å²) in [5.74, 6) is -0.0136. The van der Waals surface area contributed by atoms with Gasteiger partial charge in [-0.3, -0.25) is 4.79 Å². The van der Waals surface area contributed by atoms with Crippen LogP contribution in [0.5, 0.6) is 11.5 Å². The summed E-state index contributed by atoms with van der Waals surface area (Å²) in [5, 5.41) is 5.68. The highest BCUT2D eigenvalue weighted by molar-refractivity contribution is 7.21. The van der Waals surface area contributed by atoms with Gasteiger partial charge in [-0.1, -0.05) is 34.8 Å². The molecule has 1 N–H and O–H groups in total. The fourth-order valence-electron chi connectivity index (χ4n) is 2.98. The van der Waals surface area contributed by atoms with Gasteiger partial charge in [-0.2, -0.15) is 5.10 Å². The molecule has 0 aliphatic rings. The van der Waals surface area contributed by atoms with Crippen LogP contribution >= 0.6 is 46.1 Å². The summed E-state index contributed by atoms with van der Waals surface area (Å²) in [6, 6.07) is 16.5. The molecule has 0 aliphatic carbocycles. The second-order valence-corrected chi connectivity index (χ2v) is 9.16. The molecule has 3 aromatic carbocycles. The third kappa shape index (κ3) is 5.34. The summed E-state index contributed by atoms with van der Waals surface area (Å²) in [4.78, 5) is 25.1. The highest BCUT2D eigenvalue weighted by Gasteiger charge is 2.19. The number of carbonyl (C=O) groups is 2. The van der Waals surface area contributed by atoms with Crippen molar-refractivity contribution < 1.29 is 19.1 Å². The summed E-state index contributed by atoms with van der Waals surface area (Å²) in [6.07, 6.45) is 1.45. The SMILES string of the molecule is COc1ccc2c(Cl)c(C(=O)Oc3ccc(C=NNC(=O)c4ccc(Cl)cc4Cl)cc3)sc2c1. The van der Waals surface area contributed by atoms with Gasteiger partial charge < -0.3 is 9.47 Å². The lowest BCUT2D eigenvalue weighted by molar-refractivity contribution is 0.0739. The molecule has 1 amide bonds. The van der Waals surface area contributed by atoms with Gasteiger partial charge in [-0.25, -0.2) is 10.2 Å². The molecule has 4 aromatic rings.